The monoisotopic (exact) mass is 304 g/mol. The van der Waals surface area contributed by atoms with Crippen LogP contribution in [0.4, 0.5) is 0 Å². The molecule has 1 N–H and O–H groups in total. The zero-order valence-electron chi connectivity index (χ0n) is 14.2. The quantitative estimate of drug-likeness (QED) is 0.929. The fourth-order valence-electron chi connectivity index (χ4n) is 2.68. The number of piperazine rings is 1. The van der Waals surface area contributed by atoms with Crippen molar-refractivity contribution in [3.63, 3.8) is 0 Å². The van der Waals surface area contributed by atoms with E-state index in [1.807, 2.05) is 11.0 Å². The van der Waals surface area contributed by atoms with E-state index in [1.165, 1.54) is 11.1 Å². The van der Waals surface area contributed by atoms with Gasteiger partial charge in [-0.3, -0.25) is 4.79 Å². The van der Waals surface area contributed by atoms with Crippen LogP contribution in [-0.2, 0) is 10.2 Å². The molecule has 0 unspecified atom stereocenters. The maximum Gasteiger partial charge on any atom is 0.226 e. The Morgan fingerprint density at radius 2 is 1.95 bits per heavy atom. The number of hydrogen-bond donors (Lipinski definition) is 1. The molecule has 0 atom stereocenters. The summed E-state index contributed by atoms with van der Waals surface area (Å²) >= 11 is 0. The van der Waals surface area contributed by atoms with Gasteiger partial charge in [-0.05, 0) is 24.0 Å². The van der Waals surface area contributed by atoms with Crippen molar-refractivity contribution in [1.29, 1.82) is 0 Å². The Morgan fingerprint density at radius 3 is 2.59 bits per heavy atom. The van der Waals surface area contributed by atoms with E-state index < -0.39 is 0 Å². The third-order valence-electron chi connectivity index (χ3n) is 3.99. The van der Waals surface area contributed by atoms with E-state index in [4.69, 9.17) is 4.74 Å². The number of carbonyl (C=O) groups is 1. The number of nitrogens with zero attached hydrogens (tertiary/aromatic N) is 1. The lowest BCUT2D eigenvalue weighted by Gasteiger charge is -2.27. The highest BCUT2D eigenvalue weighted by Crippen LogP contribution is 2.32. The summed E-state index contributed by atoms with van der Waals surface area (Å²) in [6.07, 6.45) is 0.442. The van der Waals surface area contributed by atoms with Crippen molar-refractivity contribution in [3.05, 3.63) is 29.3 Å². The predicted molar refractivity (Wildman–Crippen MR) is 89.4 cm³/mol. The molecule has 0 saturated carbocycles. The molecule has 0 spiro atoms. The van der Waals surface area contributed by atoms with Crippen molar-refractivity contribution in [2.75, 3.05) is 32.8 Å². The van der Waals surface area contributed by atoms with Gasteiger partial charge in [0.15, 0.2) is 0 Å². The number of nitrogens with one attached hydrogen (secondary N) is 1. The molecule has 1 aliphatic heterocycles. The average molecular weight is 304 g/mol. The van der Waals surface area contributed by atoms with Crippen LogP contribution >= 0.6 is 0 Å². The van der Waals surface area contributed by atoms with Crippen LogP contribution in [0.2, 0.25) is 0 Å². The van der Waals surface area contributed by atoms with Crippen molar-refractivity contribution in [2.24, 2.45) is 0 Å². The zero-order valence-corrected chi connectivity index (χ0v) is 14.2. The summed E-state index contributed by atoms with van der Waals surface area (Å²) in [5.41, 5.74) is 2.46. The SMILES string of the molecule is Cc1ccc(OCCC(=O)N2CCNCC2)c(C(C)(C)C)c1. The Labute approximate surface area is 133 Å². The van der Waals surface area contributed by atoms with E-state index in [1.54, 1.807) is 0 Å². The molecule has 1 aliphatic rings. The lowest BCUT2D eigenvalue weighted by molar-refractivity contribution is -0.132. The minimum absolute atomic E-state index is 0.0316. The minimum Gasteiger partial charge on any atom is -0.493 e. The predicted octanol–water partition coefficient (Wildman–Crippen LogP) is 2.49. The highest BCUT2D eigenvalue weighted by atomic mass is 16.5. The van der Waals surface area contributed by atoms with Crippen LogP contribution in [0.3, 0.4) is 0 Å². The number of hydrogen-bond acceptors (Lipinski definition) is 3. The summed E-state index contributed by atoms with van der Waals surface area (Å²) in [7, 11) is 0. The van der Waals surface area contributed by atoms with Crippen LogP contribution in [0.5, 0.6) is 5.75 Å². The normalized spacial score (nSPS) is 15.7. The molecule has 122 valence electrons. The third kappa shape index (κ3) is 4.47. The second-order valence-electron chi connectivity index (χ2n) is 6.98. The van der Waals surface area contributed by atoms with Gasteiger partial charge in [0.05, 0.1) is 13.0 Å². The summed E-state index contributed by atoms with van der Waals surface area (Å²) in [6.45, 7) is 12.5. The Morgan fingerprint density at radius 1 is 1.27 bits per heavy atom. The van der Waals surface area contributed by atoms with Gasteiger partial charge in [-0.15, -0.1) is 0 Å². The van der Waals surface area contributed by atoms with Gasteiger partial charge in [0, 0.05) is 26.2 Å². The van der Waals surface area contributed by atoms with E-state index in [9.17, 15) is 4.79 Å². The first kappa shape index (κ1) is 16.8. The summed E-state index contributed by atoms with van der Waals surface area (Å²) in [5, 5.41) is 3.26. The fraction of sp³-hybridized carbons (Fsp3) is 0.611. The van der Waals surface area contributed by atoms with Crippen molar-refractivity contribution >= 4 is 5.91 Å². The summed E-state index contributed by atoms with van der Waals surface area (Å²) in [6, 6.07) is 6.25. The van der Waals surface area contributed by atoms with E-state index in [2.05, 4.69) is 45.1 Å². The van der Waals surface area contributed by atoms with Gasteiger partial charge in [-0.2, -0.15) is 0 Å². The van der Waals surface area contributed by atoms with E-state index >= 15 is 0 Å². The van der Waals surface area contributed by atoms with Gasteiger partial charge in [0.1, 0.15) is 5.75 Å². The van der Waals surface area contributed by atoms with E-state index in [0.717, 1.165) is 31.9 Å². The van der Waals surface area contributed by atoms with Crippen LogP contribution in [0.15, 0.2) is 18.2 Å². The molecule has 4 nitrogen and oxygen atoms in total. The van der Waals surface area contributed by atoms with Gasteiger partial charge in [-0.25, -0.2) is 0 Å². The lowest BCUT2D eigenvalue weighted by Crippen LogP contribution is -2.46. The number of rotatable bonds is 4. The van der Waals surface area contributed by atoms with Crippen molar-refractivity contribution < 1.29 is 9.53 Å². The fourth-order valence-corrected chi connectivity index (χ4v) is 2.68. The molecule has 4 heteroatoms. The topological polar surface area (TPSA) is 41.6 Å². The van der Waals surface area contributed by atoms with Crippen molar-refractivity contribution in [3.8, 4) is 5.75 Å². The lowest BCUT2D eigenvalue weighted by atomic mass is 9.85. The number of benzene rings is 1. The molecule has 1 heterocycles. The summed E-state index contributed by atoms with van der Waals surface area (Å²) in [5.74, 6) is 1.08. The highest BCUT2D eigenvalue weighted by molar-refractivity contribution is 5.76. The molecule has 1 aromatic rings. The zero-order chi connectivity index (χ0) is 16.2. The molecule has 0 aliphatic carbocycles. The second-order valence-corrected chi connectivity index (χ2v) is 6.98. The average Bonchev–Trinajstić information content (AvgIpc) is 2.48. The van der Waals surface area contributed by atoms with Crippen LogP contribution in [-0.4, -0.2) is 43.6 Å². The maximum absolute atomic E-state index is 12.1. The molecule has 0 radical (unpaired) electrons. The molecular formula is C18H28N2O2. The number of aryl methyl sites for hydroxylation is 1. The first-order chi connectivity index (χ1) is 10.4. The van der Waals surface area contributed by atoms with Gasteiger partial charge in [-0.1, -0.05) is 38.5 Å². The minimum atomic E-state index is 0.0316. The Balaban J connectivity index is 1.93. The number of ether oxygens (including phenoxy) is 1. The van der Waals surface area contributed by atoms with Crippen molar-refractivity contribution in [1.82, 2.24) is 10.2 Å². The molecule has 0 bridgehead atoms. The molecular weight excluding hydrogens is 276 g/mol. The number of amides is 1. The van der Waals surface area contributed by atoms with Crippen LogP contribution in [0, 0.1) is 6.92 Å². The third-order valence-corrected chi connectivity index (χ3v) is 3.99. The van der Waals surface area contributed by atoms with Gasteiger partial charge in [0.2, 0.25) is 5.91 Å². The smallest absolute Gasteiger partial charge is 0.226 e. The highest BCUT2D eigenvalue weighted by Gasteiger charge is 2.20. The standard InChI is InChI=1S/C18H28N2O2/c1-14-5-6-16(15(13-14)18(2,3)4)22-12-7-17(21)20-10-8-19-9-11-20/h5-6,13,19H,7-12H2,1-4H3. The largest absolute Gasteiger partial charge is 0.493 e. The molecule has 22 heavy (non-hydrogen) atoms. The molecule has 2 rings (SSSR count). The first-order valence-corrected chi connectivity index (χ1v) is 8.10. The Bertz CT molecular complexity index is 514. The van der Waals surface area contributed by atoms with Crippen LogP contribution in [0.25, 0.3) is 0 Å². The van der Waals surface area contributed by atoms with Crippen LogP contribution < -0.4 is 10.1 Å². The molecule has 1 aromatic carbocycles. The molecule has 1 saturated heterocycles. The van der Waals surface area contributed by atoms with Gasteiger partial charge < -0.3 is 15.0 Å². The Kier molecular flexibility index (Phi) is 5.46. The number of carbonyl (C=O) groups excluding carboxylic acids is 1. The van der Waals surface area contributed by atoms with E-state index in [0.29, 0.717) is 13.0 Å². The molecule has 1 amide bonds. The molecule has 0 aromatic heterocycles. The second kappa shape index (κ2) is 7.14. The van der Waals surface area contributed by atoms with Crippen molar-refractivity contribution in [2.45, 2.75) is 39.5 Å². The van der Waals surface area contributed by atoms with Gasteiger partial charge >= 0.3 is 0 Å². The first-order valence-electron chi connectivity index (χ1n) is 8.10. The van der Waals surface area contributed by atoms with Gasteiger partial charge in [0.25, 0.3) is 0 Å². The van der Waals surface area contributed by atoms with E-state index in [-0.39, 0.29) is 11.3 Å². The van der Waals surface area contributed by atoms with Crippen LogP contribution in [0.1, 0.15) is 38.3 Å². The summed E-state index contributed by atoms with van der Waals surface area (Å²) < 4.78 is 5.92. The summed E-state index contributed by atoms with van der Waals surface area (Å²) in [4.78, 5) is 14.1. The maximum atomic E-state index is 12.1. The molecule has 1 fully saturated rings. The Hall–Kier alpha value is -1.55.